The SMILES string of the molecule is Cc1ccc(OCCCC(=O)Nc2cccc3ccccc23)c(Br)c1. The van der Waals surface area contributed by atoms with Crippen LogP contribution in [0.25, 0.3) is 10.8 Å². The van der Waals surface area contributed by atoms with E-state index in [2.05, 4.69) is 21.2 Å². The molecule has 3 aromatic rings. The summed E-state index contributed by atoms with van der Waals surface area (Å²) in [4.78, 5) is 12.2. The van der Waals surface area contributed by atoms with Crippen molar-refractivity contribution in [2.75, 3.05) is 11.9 Å². The van der Waals surface area contributed by atoms with E-state index in [1.54, 1.807) is 0 Å². The van der Waals surface area contributed by atoms with Crippen LogP contribution >= 0.6 is 15.9 Å². The lowest BCUT2D eigenvalue weighted by atomic mass is 10.1. The molecule has 0 aliphatic carbocycles. The number of nitrogens with one attached hydrogen (secondary N) is 1. The summed E-state index contributed by atoms with van der Waals surface area (Å²) in [7, 11) is 0. The minimum atomic E-state index is 0.00271. The molecular weight excluding hydrogens is 378 g/mol. The second kappa shape index (κ2) is 8.17. The van der Waals surface area contributed by atoms with Crippen molar-refractivity contribution in [2.45, 2.75) is 19.8 Å². The van der Waals surface area contributed by atoms with Crippen molar-refractivity contribution in [2.24, 2.45) is 0 Å². The summed E-state index contributed by atoms with van der Waals surface area (Å²) in [6, 6.07) is 19.9. The molecule has 0 atom stereocenters. The third kappa shape index (κ3) is 4.60. The molecule has 128 valence electrons. The molecule has 0 saturated heterocycles. The van der Waals surface area contributed by atoms with Crippen LogP contribution in [0.5, 0.6) is 5.75 Å². The Kier molecular flexibility index (Phi) is 5.71. The van der Waals surface area contributed by atoms with Gasteiger partial charge in [0, 0.05) is 17.5 Å². The first kappa shape index (κ1) is 17.5. The highest BCUT2D eigenvalue weighted by Crippen LogP contribution is 2.26. The average Bonchev–Trinajstić information content (AvgIpc) is 2.60. The highest BCUT2D eigenvalue weighted by molar-refractivity contribution is 9.10. The predicted molar refractivity (Wildman–Crippen MR) is 106 cm³/mol. The molecule has 3 aromatic carbocycles. The zero-order valence-electron chi connectivity index (χ0n) is 14.1. The first-order valence-corrected chi connectivity index (χ1v) is 9.09. The van der Waals surface area contributed by atoms with E-state index in [1.165, 1.54) is 5.56 Å². The lowest BCUT2D eigenvalue weighted by Gasteiger charge is -2.10. The van der Waals surface area contributed by atoms with E-state index in [-0.39, 0.29) is 5.91 Å². The Morgan fingerprint density at radius 2 is 1.88 bits per heavy atom. The molecule has 0 heterocycles. The number of anilines is 1. The molecule has 0 saturated carbocycles. The van der Waals surface area contributed by atoms with Gasteiger partial charge in [-0.05, 0) is 58.4 Å². The third-order valence-electron chi connectivity index (χ3n) is 3.96. The number of hydrogen-bond acceptors (Lipinski definition) is 2. The summed E-state index contributed by atoms with van der Waals surface area (Å²) in [5, 5.41) is 5.17. The Hall–Kier alpha value is -2.33. The number of fused-ring (bicyclic) bond motifs is 1. The highest BCUT2D eigenvalue weighted by Gasteiger charge is 2.06. The average molecular weight is 398 g/mol. The fourth-order valence-electron chi connectivity index (χ4n) is 2.68. The van der Waals surface area contributed by atoms with E-state index in [4.69, 9.17) is 4.74 Å². The first-order chi connectivity index (χ1) is 12.1. The van der Waals surface area contributed by atoms with Crippen LogP contribution in [0.1, 0.15) is 18.4 Å². The van der Waals surface area contributed by atoms with Crippen molar-refractivity contribution in [1.82, 2.24) is 0 Å². The maximum Gasteiger partial charge on any atom is 0.224 e. The second-order valence-electron chi connectivity index (χ2n) is 5.96. The van der Waals surface area contributed by atoms with Gasteiger partial charge in [-0.15, -0.1) is 0 Å². The Balaban J connectivity index is 1.51. The van der Waals surface area contributed by atoms with Gasteiger partial charge in [-0.3, -0.25) is 4.79 Å². The van der Waals surface area contributed by atoms with Gasteiger partial charge in [0.15, 0.2) is 0 Å². The number of ether oxygens (including phenoxy) is 1. The Bertz CT molecular complexity index is 887. The van der Waals surface area contributed by atoms with Crippen LogP contribution in [0, 0.1) is 6.92 Å². The molecular formula is C21H20BrNO2. The molecule has 0 bridgehead atoms. The van der Waals surface area contributed by atoms with Crippen LogP contribution in [-0.2, 0) is 4.79 Å². The van der Waals surface area contributed by atoms with Gasteiger partial charge in [0.05, 0.1) is 11.1 Å². The Labute approximate surface area is 156 Å². The van der Waals surface area contributed by atoms with E-state index in [0.29, 0.717) is 19.4 Å². The first-order valence-electron chi connectivity index (χ1n) is 8.30. The van der Waals surface area contributed by atoms with E-state index in [0.717, 1.165) is 26.7 Å². The minimum Gasteiger partial charge on any atom is -0.492 e. The van der Waals surface area contributed by atoms with Gasteiger partial charge in [-0.1, -0.05) is 42.5 Å². The lowest BCUT2D eigenvalue weighted by molar-refractivity contribution is -0.116. The van der Waals surface area contributed by atoms with Crippen LogP contribution in [0.15, 0.2) is 65.1 Å². The summed E-state index contributed by atoms with van der Waals surface area (Å²) in [6.45, 7) is 2.54. The smallest absolute Gasteiger partial charge is 0.224 e. The molecule has 0 unspecified atom stereocenters. The fourth-order valence-corrected chi connectivity index (χ4v) is 3.29. The number of rotatable bonds is 6. The molecule has 0 spiro atoms. The summed E-state index contributed by atoms with van der Waals surface area (Å²) < 4.78 is 6.67. The second-order valence-corrected chi connectivity index (χ2v) is 6.82. The number of carbonyl (C=O) groups is 1. The topological polar surface area (TPSA) is 38.3 Å². The fraction of sp³-hybridized carbons (Fsp3) is 0.190. The minimum absolute atomic E-state index is 0.00271. The number of benzene rings is 3. The summed E-state index contributed by atoms with van der Waals surface area (Å²) in [5.41, 5.74) is 2.03. The molecule has 0 radical (unpaired) electrons. The number of aryl methyl sites for hydroxylation is 1. The van der Waals surface area contributed by atoms with Crippen LogP contribution in [0.2, 0.25) is 0 Å². The molecule has 4 heteroatoms. The van der Waals surface area contributed by atoms with Crippen molar-refractivity contribution < 1.29 is 9.53 Å². The summed E-state index contributed by atoms with van der Waals surface area (Å²) in [5.74, 6) is 0.808. The molecule has 0 aliphatic heterocycles. The molecule has 3 rings (SSSR count). The molecule has 0 aliphatic rings. The van der Waals surface area contributed by atoms with Gasteiger partial charge < -0.3 is 10.1 Å². The number of halogens is 1. The Morgan fingerprint density at radius 3 is 2.72 bits per heavy atom. The van der Waals surface area contributed by atoms with Crippen molar-refractivity contribution in [3.63, 3.8) is 0 Å². The van der Waals surface area contributed by atoms with Gasteiger partial charge in [0.2, 0.25) is 5.91 Å². The third-order valence-corrected chi connectivity index (χ3v) is 4.58. The van der Waals surface area contributed by atoms with E-state index >= 15 is 0 Å². The van der Waals surface area contributed by atoms with Gasteiger partial charge >= 0.3 is 0 Å². The van der Waals surface area contributed by atoms with Crippen LogP contribution in [0.4, 0.5) is 5.69 Å². The van der Waals surface area contributed by atoms with Gasteiger partial charge in [0.1, 0.15) is 5.75 Å². The van der Waals surface area contributed by atoms with Crippen LogP contribution in [0.3, 0.4) is 0 Å². The molecule has 1 amide bonds. The largest absolute Gasteiger partial charge is 0.492 e. The highest BCUT2D eigenvalue weighted by atomic mass is 79.9. The summed E-state index contributed by atoms with van der Waals surface area (Å²) >= 11 is 3.49. The Morgan fingerprint density at radius 1 is 1.08 bits per heavy atom. The maximum absolute atomic E-state index is 12.2. The molecule has 3 nitrogen and oxygen atoms in total. The van der Waals surface area contributed by atoms with Crippen LogP contribution in [-0.4, -0.2) is 12.5 Å². The molecule has 0 fully saturated rings. The van der Waals surface area contributed by atoms with Gasteiger partial charge in [-0.2, -0.15) is 0 Å². The van der Waals surface area contributed by atoms with E-state index in [9.17, 15) is 4.79 Å². The number of amides is 1. The van der Waals surface area contributed by atoms with E-state index < -0.39 is 0 Å². The maximum atomic E-state index is 12.2. The van der Waals surface area contributed by atoms with Crippen molar-refractivity contribution in [3.05, 3.63) is 70.7 Å². The zero-order chi connectivity index (χ0) is 17.6. The molecule has 1 N–H and O–H groups in total. The number of carbonyl (C=O) groups excluding carboxylic acids is 1. The van der Waals surface area contributed by atoms with E-state index in [1.807, 2.05) is 67.6 Å². The lowest BCUT2D eigenvalue weighted by Crippen LogP contribution is -2.13. The standard InChI is InChI=1S/C21H20BrNO2/c1-15-11-12-20(18(22)14-15)25-13-5-10-21(24)23-19-9-4-7-16-6-2-3-8-17(16)19/h2-4,6-9,11-12,14H,5,10,13H2,1H3,(H,23,24). The summed E-state index contributed by atoms with van der Waals surface area (Å²) in [6.07, 6.45) is 1.09. The van der Waals surface area contributed by atoms with Crippen LogP contribution < -0.4 is 10.1 Å². The van der Waals surface area contributed by atoms with Gasteiger partial charge in [0.25, 0.3) is 0 Å². The number of hydrogen-bond donors (Lipinski definition) is 1. The monoisotopic (exact) mass is 397 g/mol. The van der Waals surface area contributed by atoms with Crippen molar-refractivity contribution >= 4 is 38.3 Å². The van der Waals surface area contributed by atoms with Crippen molar-refractivity contribution in [1.29, 1.82) is 0 Å². The zero-order valence-corrected chi connectivity index (χ0v) is 15.7. The molecule has 0 aromatic heterocycles. The quantitative estimate of drug-likeness (QED) is 0.541. The molecule has 25 heavy (non-hydrogen) atoms. The van der Waals surface area contributed by atoms with Crippen molar-refractivity contribution in [3.8, 4) is 5.75 Å². The predicted octanol–water partition coefficient (Wildman–Crippen LogP) is 5.71. The normalized spacial score (nSPS) is 10.6. The van der Waals surface area contributed by atoms with Gasteiger partial charge in [-0.25, -0.2) is 0 Å².